The Labute approximate surface area is 136 Å². The average Bonchev–Trinajstić information content (AvgIpc) is 2.93. The molecule has 0 bridgehead atoms. The van der Waals surface area contributed by atoms with Crippen molar-refractivity contribution in [1.82, 2.24) is 10.2 Å². The van der Waals surface area contributed by atoms with E-state index in [1.807, 2.05) is 32.9 Å². The molecule has 1 aliphatic heterocycles. The third kappa shape index (κ3) is 3.92. The van der Waals surface area contributed by atoms with E-state index in [9.17, 15) is 19.6 Å². The van der Waals surface area contributed by atoms with E-state index in [4.69, 9.17) is 0 Å². The van der Waals surface area contributed by atoms with Crippen molar-refractivity contribution in [1.29, 1.82) is 0 Å². The molecule has 1 fully saturated rings. The molecule has 3 N–H and O–H groups in total. The first-order valence-corrected chi connectivity index (χ1v) is 7.83. The van der Waals surface area contributed by atoms with Gasteiger partial charge in [-0.2, -0.15) is 0 Å². The highest BCUT2D eigenvalue weighted by molar-refractivity contribution is 6.43. The third-order valence-corrected chi connectivity index (χ3v) is 4.27. The summed E-state index contributed by atoms with van der Waals surface area (Å²) >= 11 is 0. The first-order chi connectivity index (χ1) is 10.8. The predicted octanol–water partition coefficient (Wildman–Crippen LogP) is 0.345. The summed E-state index contributed by atoms with van der Waals surface area (Å²) in [5.41, 5.74) is 3.42. The van der Waals surface area contributed by atoms with E-state index in [1.165, 1.54) is 4.90 Å². The number of amides is 2. The highest BCUT2D eigenvalue weighted by Gasteiger charge is 2.36. The maximum Gasteiger partial charge on any atom is 0.475 e. The van der Waals surface area contributed by atoms with Gasteiger partial charge in [0.15, 0.2) is 0 Å². The first-order valence-electron chi connectivity index (χ1n) is 7.83. The first kappa shape index (κ1) is 17.5. The summed E-state index contributed by atoms with van der Waals surface area (Å²) in [6.07, 6.45) is 1.30. The number of benzene rings is 1. The van der Waals surface area contributed by atoms with Gasteiger partial charge in [0.1, 0.15) is 0 Å². The summed E-state index contributed by atoms with van der Waals surface area (Å²) in [6.45, 7) is 6.05. The lowest BCUT2D eigenvalue weighted by molar-refractivity contribution is -0.130. The number of carbonyl (C=O) groups excluding carboxylic acids is 2. The summed E-state index contributed by atoms with van der Waals surface area (Å²) in [6, 6.07) is 3.87. The van der Waals surface area contributed by atoms with Crippen LogP contribution in [0.15, 0.2) is 12.1 Å². The molecule has 0 spiro atoms. The van der Waals surface area contributed by atoms with E-state index in [2.05, 4.69) is 5.32 Å². The molecule has 0 saturated carbocycles. The van der Waals surface area contributed by atoms with Crippen LogP contribution in [0.1, 0.15) is 39.9 Å². The van der Waals surface area contributed by atoms with Crippen molar-refractivity contribution in [3.8, 4) is 0 Å². The molecule has 23 heavy (non-hydrogen) atoms. The summed E-state index contributed by atoms with van der Waals surface area (Å²) in [7, 11) is -1.54. The van der Waals surface area contributed by atoms with Crippen LogP contribution in [0.3, 0.4) is 0 Å². The van der Waals surface area contributed by atoms with Crippen molar-refractivity contribution in [3.63, 3.8) is 0 Å². The molecule has 2 rings (SSSR count). The van der Waals surface area contributed by atoms with Gasteiger partial charge in [0.05, 0.1) is 12.5 Å². The molecule has 0 aliphatic carbocycles. The monoisotopic (exact) mass is 318 g/mol. The maximum atomic E-state index is 12.4. The van der Waals surface area contributed by atoms with E-state index in [0.717, 1.165) is 23.1 Å². The third-order valence-electron chi connectivity index (χ3n) is 4.27. The largest absolute Gasteiger partial charge is 0.475 e. The molecule has 1 heterocycles. The molecular weight excluding hydrogens is 295 g/mol. The van der Waals surface area contributed by atoms with Crippen LogP contribution in [0.25, 0.3) is 0 Å². The maximum absolute atomic E-state index is 12.4. The molecule has 1 unspecified atom stereocenters. The van der Waals surface area contributed by atoms with Crippen molar-refractivity contribution >= 4 is 18.9 Å². The van der Waals surface area contributed by atoms with E-state index < -0.39 is 13.1 Å². The van der Waals surface area contributed by atoms with Gasteiger partial charge in [0, 0.05) is 12.1 Å². The zero-order valence-corrected chi connectivity index (χ0v) is 13.8. The van der Waals surface area contributed by atoms with Gasteiger partial charge in [-0.15, -0.1) is 0 Å². The van der Waals surface area contributed by atoms with Crippen molar-refractivity contribution in [2.24, 2.45) is 0 Å². The van der Waals surface area contributed by atoms with Crippen molar-refractivity contribution < 1.29 is 19.6 Å². The van der Waals surface area contributed by atoms with Gasteiger partial charge in [-0.25, -0.2) is 0 Å². The van der Waals surface area contributed by atoms with Gasteiger partial charge in [0.2, 0.25) is 5.91 Å². The standard InChI is InChI=1S/C16H23BN2O4/c1-10-7-11(2)15(12(3)8-10)16(21)18-9-14(20)19-6-4-5-13(19)17(22)23/h7-8,13,22-23H,4-6,9H2,1-3H3,(H,18,21). The van der Waals surface area contributed by atoms with Gasteiger partial charge in [-0.1, -0.05) is 17.7 Å². The average molecular weight is 318 g/mol. The molecule has 2 amide bonds. The number of aryl methyl sites for hydroxylation is 3. The Morgan fingerprint density at radius 1 is 1.26 bits per heavy atom. The second-order valence-electron chi connectivity index (χ2n) is 6.17. The van der Waals surface area contributed by atoms with Crippen LogP contribution >= 0.6 is 0 Å². The van der Waals surface area contributed by atoms with Crippen LogP contribution in [0.5, 0.6) is 0 Å². The molecule has 124 valence electrons. The van der Waals surface area contributed by atoms with E-state index >= 15 is 0 Å². The van der Waals surface area contributed by atoms with E-state index in [1.54, 1.807) is 0 Å². The fourth-order valence-electron chi connectivity index (χ4n) is 3.30. The normalized spacial score (nSPS) is 17.3. The number of nitrogens with zero attached hydrogens (tertiary/aromatic N) is 1. The number of likely N-dealkylation sites (tertiary alicyclic amines) is 1. The Morgan fingerprint density at radius 2 is 1.87 bits per heavy atom. The highest BCUT2D eigenvalue weighted by atomic mass is 16.4. The zero-order chi connectivity index (χ0) is 17.1. The summed E-state index contributed by atoms with van der Waals surface area (Å²) in [4.78, 5) is 26.0. The zero-order valence-electron chi connectivity index (χ0n) is 13.8. The molecule has 1 aromatic carbocycles. The Kier molecular flexibility index (Phi) is 5.44. The smallest absolute Gasteiger partial charge is 0.426 e. The molecule has 0 aromatic heterocycles. The Hall–Kier alpha value is -1.86. The topological polar surface area (TPSA) is 89.9 Å². The fraction of sp³-hybridized carbons (Fsp3) is 0.500. The van der Waals surface area contributed by atoms with Crippen molar-refractivity contribution in [2.75, 3.05) is 13.1 Å². The fourth-order valence-corrected chi connectivity index (χ4v) is 3.30. The molecule has 0 radical (unpaired) electrons. The van der Waals surface area contributed by atoms with Gasteiger partial charge < -0.3 is 20.3 Å². The molecule has 1 aromatic rings. The highest BCUT2D eigenvalue weighted by Crippen LogP contribution is 2.18. The van der Waals surface area contributed by atoms with Gasteiger partial charge >= 0.3 is 7.12 Å². The van der Waals surface area contributed by atoms with E-state index in [-0.39, 0.29) is 18.4 Å². The van der Waals surface area contributed by atoms with Gasteiger partial charge in [-0.3, -0.25) is 9.59 Å². The molecule has 1 aliphatic rings. The Bertz CT molecular complexity index is 595. The van der Waals surface area contributed by atoms with Crippen molar-refractivity contribution in [2.45, 2.75) is 39.6 Å². The minimum absolute atomic E-state index is 0.144. The quantitative estimate of drug-likeness (QED) is 0.699. The number of hydrogen-bond donors (Lipinski definition) is 3. The molecule has 7 heteroatoms. The lowest BCUT2D eigenvalue weighted by Gasteiger charge is -2.24. The van der Waals surface area contributed by atoms with E-state index in [0.29, 0.717) is 18.5 Å². The lowest BCUT2D eigenvalue weighted by Crippen LogP contribution is -2.49. The number of nitrogens with one attached hydrogen (secondary N) is 1. The van der Waals surface area contributed by atoms with Crippen LogP contribution in [0.4, 0.5) is 0 Å². The summed E-state index contributed by atoms with van der Waals surface area (Å²) in [5, 5.41) is 21.2. The molecule has 1 saturated heterocycles. The Morgan fingerprint density at radius 3 is 2.43 bits per heavy atom. The van der Waals surface area contributed by atoms with Crippen LogP contribution in [0.2, 0.25) is 0 Å². The second kappa shape index (κ2) is 7.15. The number of carbonyl (C=O) groups is 2. The summed E-state index contributed by atoms with van der Waals surface area (Å²) in [5.74, 6) is -1.16. The summed E-state index contributed by atoms with van der Waals surface area (Å²) < 4.78 is 0. The molecule has 1 atom stereocenters. The minimum Gasteiger partial charge on any atom is -0.426 e. The van der Waals surface area contributed by atoms with Gasteiger partial charge in [0.25, 0.3) is 5.91 Å². The van der Waals surface area contributed by atoms with Crippen LogP contribution < -0.4 is 5.32 Å². The number of rotatable bonds is 4. The van der Waals surface area contributed by atoms with Crippen molar-refractivity contribution in [3.05, 3.63) is 34.4 Å². The van der Waals surface area contributed by atoms with Crippen LogP contribution in [0, 0.1) is 20.8 Å². The van der Waals surface area contributed by atoms with Gasteiger partial charge in [-0.05, 0) is 44.7 Å². The van der Waals surface area contributed by atoms with Crippen LogP contribution in [-0.4, -0.2) is 52.9 Å². The minimum atomic E-state index is -1.54. The molecular formula is C16H23BN2O4. The lowest BCUT2D eigenvalue weighted by atomic mass is 9.78. The SMILES string of the molecule is Cc1cc(C)c(C(=O)NCC(=O)N2CCCC2B(O)O)c(C)c1. The number of hydrogen-bond acceptors (Lipinski definition) is 4. The Balaban J connectivity index is 2.01. The second-order valence-corrected chi connectivity index (χ2v) is 6.17. The predicted molar refractivity (Wildman–Crippen MR) is 87.9 cm³/mol. The molecule has 6 nitrogen and oxygen atoms in total. The van der Waals surface area contributed by atoms with Crippen LogP contribution in [-0.2, 0) is 4.79 Å².